The van der Waals surface area contributed by atoms with Crippen molar-refractivity contribution in [3.05, 3.63) is 34.5 Å². The molecule has 0 aliphatic carbocycles. The van der Waals surface area contributed by atoms with Crippen molar-refractivity contribution in [1.29, 1.82) is 0 Å². The van der Waals surface area contributed by atoms with Crippen molar-refractivity contribution in [3.8, 4) is 17.0 Å². The van der Waals surface area contributed by atoms with Crippen molar-refractivity contribution in [2.45, 2.75) is 25.8 Å². The predicted octanol–water partition coefficient (Wildman–Crippen LogP) is 3.91. The summed E-state index contributed by atoms with van der Waals surface area (Å²) in [5.41, 5.74) is 7.64. The molecule has 0 aliphatic heterocycles. The van der Waals surface area contributed by atoms with Gasteiger partial charge < -0.3 is 15.0 Å². The van der Waals surface area contributed by atoms with E-state index >= 15 is 0 Å². The zero-order valence-corrected chi connectivity index (χ0v) is 12.6. The average molecular weight is 325 g/mol. The van der Waals surface area contributed by atoms with E-state index in [-0.39, 0.29) is 6.04 Å². The molecule has 1 aromatic carbocycles. The third-order valence-electron chi connectivity index (χ3n) is 2.93. The van der Waals surface area contributed by atoms with Crippen LogP contribution in [0.25, 0.3) is 11.3 Å². The standard InChI is InChI=1S/C14H17BrN2O2/c1-3-4-11(16)14-8-12(17-19-14)10-7-9(15)5-6-13(10)18-2/h5-8,11H,3-4,16H2,1-2H3. The summed E-state index contributed by atoms with van der Waals surface area (Å²) in [6.45, 7) is 2.09. The van der Waals surface area contributed by atoms with Crippen molar-refractivity contribution < 1.29 is 9.26 Å². The van der Waals surface area contributed by atoms with E-state index in [4.69, 9.17) is 15.0 Å². The minimum Gasteiger partial charge on any atom is -0.496 e. The summed E-state index contributed by atoms with van der Waals surface area (Å²) in [5.74, 6) is 1.46. The number of hydrogen-bond acceptors (Lipinski definition) is 4. The van der Waals surface area contributed by atoms with E-state index < -0.39 is 0 Å². The van der Waals surface area contributed by atoms with Crippen LogP contribution in [0.4, 0.5) is 0 Å². The van der Waals surface area contributed by atoms with Gasteiger partial charge in [0.15, 0.2) is 5.76 Å². The molecule has 1 heterocycles. The largest absolute Gasteiger partial charge is 0.496 e. The Morgan fingerprint density at radius 3 is 2.89 bits per heavy atom. The Morgan fingerprint density at radius 2 is 2.21 bits per heavy atom. The van der Waals surface area contributed by atoms with E-state index in [0.29, 0.717) is 5.76 Å². The lowest BCUT2D eigenvalue weighted by atomic mass is 10.1. The number of benzene rings is 1. The van der Waals surface area contributed by atoms with Gasteiger partial charge in [-0.15, -0.1) is 0 Å². The fourth-order valence-electron chi connectivity index (χ4n) is 1.92. The zero-order chi connectivity index (χ0) is 13.8. The molecule has 0 spiro atoms. The first-order chi connectivity index (χ1) is 9.15. The third kappa shape index (κ3) is 3.16. The minimum atomic E-state index is -0.107. The summed E-state index contributed by atoms with van der Waals surface area (Å²) in [4.78, 5) is 0. The maximum absolute atomic E-state index is 6.02. The summed E-state index contributed by atoms with van der Waals surface area (Å²) in [6, 6.07) is 7.53. The molecular weight excluding hydrogens is 308 g/mol. The van der Waals surface area contributed by atoms with Crippen LogP contribution in [0.15, 0.2) is 33.3 Å². The van der Waals surface area contributed by atoms with Gasteiger partial charge >= 0.3 is 0 Å². The average Bonchev–Trinajstić information content (AvgIpc) is 2.88. The van der Waals surface area contributed by atoms with E-state index in [1.807, 2.05) is 24.3 Å². The number of halogens is 1. The molecule has 102 valence electrons. The van der Waals surface area contributed by atoms with E-state index in [0.717, 1.165) is 34.3 Å². The summed E-state index contributed by atoms with van der Waals surface area (Å²) in [6.07, 6.45) is 1.89. The summed E-state index contributed by atoms with van der Waals surface area (Å²) >= 11 is 3.44. The fourth-order valence-corrected chi connectivity index (χ4v) is 2.29. The van der Waals surface area contributed by atoms with E-state index in [1.165, 1.54) is 0 Å². The van der Waals surface area contributed by atoms with E-state index in [9.17, 15) is 0 Å². The molecule has 0 amide bonds. The second-order valence-electron chi connectivity index (χ2n) is 4.35. The van der Waals surface area contributed by atoms with Crippen molar-refractivity contribution >= 4 is 15.9 Å². The smallest absolute Gasteiger partial charge is 0.154 e. The maximum Gasteiger partial charge on any atom is 0.154 e. The third-order valence-corrected chi connectivity index (χ3v) is 3.42. The predicted molar refractivity (Wildman–Crippen MR) is 78.0 cm³/mol. The van der Waals surface area contributed by atoms with Crippen LogP contribution < -0.4 is 10.5 Å². The van der Waals surface area contributed by atoms with Crippen LogP contribution >= 0.6 is 15.9 Å². The Kier molecular flexibility index (Phi) is 4.61. The highest BCUT2D eigenvalue weighted by Gasteiger charge is 2.15. The molecule has 5 heteroatoms. The number of ether oxygens (including phenoxy) is 1. The first kappa shape index (κ1) is 14.1. The molecule has 0 saturated carbocycles. The van der Waals surface area contributed by atoms with Gasteiger partial charge in [-0.3, -0.25) is 0 Å². The quantitative estimate of drug-likeness (QED) is 0.905. The lowest BCUT2D eigenvalue weighted by molar-refractivity contribution is 0.356. The number of aromatic nitrogens is 1. The fraction of sp³-hybridized carbons (Fsp3) is 0.357. The number of nitrogens with two attached hydrogens (primary N) is 1. The minimum absolute atomic E-state index is 0.107. The van der Waals surface area contributed by atoms with Gasteiger partial charge in [-0.05, 0) is 24.6 Å². The van der Waals surface area contributed by atoms with Gasteiger partial charge in [-0.1, -0.05) is 34.4 Å². The molecular formula is C14H17BrN2O2. The van der Waals surface area contributed by atoms with Gasteiger partial charge in [-0.25, -0.2) is 0 Å². The van der Waals surface area contributed by atoms with Gasteiger partial charge in [0.25, 0.3) is 0 Å². The lowest BCUT2D eigenvalue weighted by Gasteiger charge is -2.06. The van der Waals surface area contributed by atoms with Gasteiger partial charge in [-0.2, -0.15) is 0 Å². The molecule has 0 aliphatic rings. The first-order valence-electron chi connectivity index (χ1n) is 6.21. The second-order valence-corrected chi connectivity index (χ2v) is 5.27. The van der Waals surface area contributed by atoms with Crippen LogP contribution in [0.3, 0.4) is 0 Å². The molecule has 2 rings (SSSR count). The Labute approximate surface area is 121 Å². The van der Waals surface area contributed by atoms with Crippen molar-refractivity contribution in [2.24, 2.45) is 5.73 Å². The van der Waals surface area contributed by atoms with Crippen LogP contribution in [-0.2, 0) is 0 Å². The Hall–Kier alpha value is -1.33. The maximum atomic E-state index is 6.02. The molecule has 4 nitrogen and oxygen atoms in total. The summed E-state index contributed by atoms with van der Waals surface area (Å²) in [5, 5.41) is 4.08. The molecule has 1 unspecified atom stereocenters. The topological polar surface area (TPSA) is 61.3 Å². The van der Waals surface area contributed by atoms with Crippen LogP contribution in [-0.4, -0.2) is 12.3 Å². The van der Waals surface area contributed by atoms with Crippen molar-refractivity contribution in [2.75, 3.05) is 7.11 Å². The molecule has 0 bridgehead atoms. The first-order valence-corrected chi connectivity index (χ1v) is 7.01. The van der Waals surface area contributed by atoms with E-state index in [2.05, 4.69) is 28.0 Å². The zero-order valence-electron chi connectivity index (χ0n) is 11.0. The monoisotopic (exact) mass is 324 g/mol. The number of rotatable bonds is 5. The number of methoxy groups -OCH3 is 1. The molecule has 1 aromatic heterocycles. The molecule has 2 aromatic rings. The molecule has 19 heavy (non-hydrogen) atoms. The number of hydrogen-bond donors (Lipinski definition) is 1. The van der Waals surface area contributed by atoms with Crippen molar-refractivity contribution in [1.82, 2.24) is 5.16 Å². The highest BCUT2D eigenvalue weighted by molar-refractivity contribution is 9.10. The summed E-state index contributed by atoms with van der Waals surface area (Å²) < 4.78 is 11.6. The lowest BCUT2D eigenvalue weighted by Crippen LogP contribution is -2.08. The molecule has 1 atom stereocenters. The van der Waals surface area contributed by atoms with Crippen LogP contribution in [0.2, 0.25) is 0 Å². The second kappa shape index (κ2) is 6.21. The Bertz CT molecular complexity index is 554. The molecule has 0 fully saturated rings. The molecule has 0 saturated heterocycles. The van der Waals surface area contributed by atoms with Gasteiger partial charge in [0.1, 0.15) is 11.4 Å². The van der Waals surface area contributed by atoms with E-state index in [1.54, 1.807) is 7.11 Å². The Balaban J connectivity index is 2.34. The normalized spacial score (nSPS) is 12.4. The SMILES string of the molecule is CCCC(N)c1cc(-c2cc(Br)ccc2OC)no1. The summed E-state index contributed by atoms with van der Waals surface area (Å²) in [7, 11) is 1.64. The molecule has 0 radical (unpaired) electrons. The van der Waals surface area contributed by atoms with Crippen LogP contribution in [0.5, 0.6) is 5.75 Å². The molecule has 2 N–H and O–H groups in total. The van der Waals surface area contributed by atoms with Gasteiger partial charge in [0, 0.05) is 16.1 Å². The highest BCUT2D eigenvalue weighted by Crippen LogP contribution is 2.33. The van der Waals surface area contributed by atoms with Crippen LogP contribution in [0.1, 0.15) is 31.6 Å². The highest BCUT2D eigenvalue weighted by atomic mass is 79.9. The Morgan fingerprint density at radius 1 is 1.42 bits per heavy atom. The van der Waals surface area contributed by atoms with Gasteiger partial charge in [0.2, 0.25) is 0 Å². The van der Waals surface area contributed by atoms with Gasteiger partial charge in [0.05, 0.1) is 13.2 Å². The van der Waals surface area contributed by atoms with Crippen molar-refractivity contribution in [3.63, 3.8) is 0 Å². The number of nitrogens with zero attached hydrogens (tertiary/aromatic N) is 1. The van der Waals surface area contributed by atoms with Crippen LogP contribution in [0, 0.1) is 0 Å².